The van der Waals surface area contributed by atoms with Crippen molar-refractivity contribution in [2.45, 2.75) is 25.8 Å². The van der Waals surface area contributed by atoms with Crippen molar-refractivity contribution >= 4 is 22.6 Å². The topological polar surface area (TPSA) is 134 Å². The zero-order valence-corrected chi connectivity index (χ0v) is 15.2. The van der Waals surface area contributed by atoms with E-state index in [-0.39, 0.29) is 18.9 Å². The molecule has 8 heteroatoms. The van der Waals surface area contributed by atoms with Crippen molar-refractivity contribution in [2.24, 2.45) is 11.6 Å². The Morgan fingerprint density at radius 2 is 1.93 bits per heavy atom. The number of benzene rings is 2. The van der Waals surface area contributed by atoms with Gasteiger partial charge < -0.3 is 16.1 Å². The highest BCUT2D eigenvalue weighted by Crippen LogP contribution is 2.18. The zero-order chi connectivity index (χ0) is 19.8. The molecule has 0 bridgehead atoms. The van der Waals surface area contributed by atoms with Crippen LogP contribution in [0.4, 0.5) is 0 Å². The van der Waals surface area contributed by atoms with Crippen LogP contribution in [0, 0.1) is 0 Å². The monoisotopic (exact) mass is 371 g/mol. The number of fused-ring (bicyclic) bond motifs is 1. The molecule has 0 radical (unpaired) electrons. The van der Waals surface area contributed by atoms with Crippen molar-refractivity contribution in [1.29, 1.82) is 0 Å². The van der Waals surface area contributed by atoms with Gasteiger partial charge in [-0.2, -0.15) is 0 Å². The van der Waals surface area contributed by atoms with Crippen LogP contribution in [-0.2, 0) is 16.0 Å². The SMILES string of the molecule is CC(=O)NC/C(N)=C/N(N)C(CC(=O)NO)Cc1ccc2ccccc2c1. The van der Waals surface area contributed by atoms with Crippen molar-refractivity contribution in [3.8, 4) is 0 Å². The first-order valence-corrected chi connectivity index (χ1v) is 8.53. The molecule has 0 spiro atoms. The number of nitrogens with two attached hydrogens (primary N) is 2. The number of nitrogens with one attached hydrogen (secondary N) is 2. The molecule has 0 aliphatic carbocycles. The molecule has 7 N–H and O–H groups in total. The van der Waals surface area contributed by atoms with Gasteiger partial charge in [0, 0.05) is 18.8 Å². The molecule has 0 fully saturated rings. The Kier molecular flexibility index (Phi) is 7.16. The van der Waals surface area contributed by atoms with Crippen molar-refractivity contribution in [3.05, 3.63) is 59.9 Å². The molecule has 2 aromatic rings. The van der Waals surface area contributed by atoms with E-state index in [9.17, 15) is 9.59 Å². The van der Waals surface area contributed by atoms with Crippen molar-refractivity contribution < 1.29 is 14.8 Å². The van der Waals surface area contributed by atoms with E-state index in [0.717, 1.165) is 16.3 Å². The lowest BCUT2D eigenvalue weighted by molar-refractivity contribution is -0.130. The van der Waals surface area contributed by atoms with Crippen LogP contribution >= 0.6 is 0 Å². The molecule has 1 unspecified atom stereocenters. The quantitative estimate of drug-likeness (QED) is 0.264. The second-order valence-corrected chi connectivity index (χ2v) is 6.34. The highest BCUT2D eigenvalue weighted by Gasteiger charge is 2.19. The highest BCUT2D eigenvalue weighted by atomic mass is 16.5. The molecule has 0 saturated heterocycles. The molecule has 0 aliphatic rings. The third-order valence-corrected chi connectivity index (χ3v) is 4.11. The molecule has 0 aromatic heterocycles. The normalized spacial score (nSPS) is 12.5. The number of carbonyl (C=O) groups excluding carboxylic acids is 2. The maximum Gasteiger partial charge on any atom is 0.245 e. The summed E-state index contributed by atoms with van der Waals surface area (Å²) in [6.07, 6.45) is 1.93. The van der Waals surface area contributed by atoms with E-state index in [4.69, 9.17) is 16.8 Å². The van der Waals surface area contributed by atoms with Gasteiger partial charge in [-0.15, -0.1) is 0 Å². The summed E-state index contributed by atoms with van der Waals surface area (Å²) >= 11 is 0. The van der Waals surface area contributed by atoms with Crippen LogP contribution in [0.15, 0.2) is 54.4 Å². The van der Waals surface area contributed by atoms with Gasteiger partial charge in [0.15, 0.2) is 0 Å². The Bertz CT molecular complexity index is 837. The fourth-order valence-corrected chi connectivity index (χ4v) is 2.75. The average molecular weight is 371 g/mol. The molecule has 2 rings (SSSR count). The minimum absolute atomic E-state index is 0.0241. The minimum atomic E-state index is -0.551. The fraction of sp³-hybridized carbons (Fsp3) is 0.263. The van der Waals surface area contributed by atoms with Gasteiger partial charge >= 0.3 is 0 Å². The van der Waals surface area contributed by atoms with E-state index in [0.29, 0.717) is 12.1 Å². The van der Waals surface area contributed by atoms with Crippen LogP contribution in [0.1, 0.15) is 18.9 Å². The number of hydroxylamine groups is 1. The van der Waals surface area contributed by atoms with Crippen LogP contribution in [0.3, 0.4) is 0 Å². The lowest BCUT2D eigenvalue weighted by Crippen LogP contribution is -2.42. The minimum Gasteiger partial charge on any atom is -0.399 e. The van der Waals surface area contributed by atoms with Gasteiger partial charge in [0.1, 0.15) is 0 Å². The largest absolute Gasteiger partial charge is 0.399 e. The summed E-state index contributed by atoms with van der Waals surface area (Å²) in [6.45, 7) is 1.54. The maximum atomic E-state index is 11.7. The number of rotatable bonds is 8. The van der Waals surface area contributed by atoms with Gasteiger partial charge in [0.05, 0.1) is 19.0 Å². The molecular weight excluding hydrogens is 346 g/mol. The smallest absolute Gasteiger partial charge is 0.245 e. The highest BCUT2D eigenvalue weighted by molar-refractivity contribution is 5.83. The molecule has 2 aromatic carbocycles. The first kappa shape index (κ1) is 20.2. The van der Waals surface area contributed by atoms with Gasteiger partial charge in [-0.25, -0.2) is 11.3 Å². The predicted octanol–water partition coefficient (Wildman–Crippen LogP) is 0.758. The predicted molar refractivity (Wildman–Crippen MR) is 103 cm³/mol. The molecule has 144 valence electrons. The summed E-state index contributed by atoms with van der Waals surface area (Å²) in [4.78, 5) is 22.7. The number of nitrogens with zero attached hydrogens (tertiary/aromatic N) is 1. The van der Waals surface area contributed by atoms with Crippen molar-refractivity contribution in [3.63, 3.8) is 0 Å². The lowest BCUT2D eigenvalue weighted by Gasteiger charge is -2.26. The number of amides is 2. The molecule has 27 heavy (non-hydrogen) atoms. The van der Waals surface area contributed by atoms with Crippen LogP contribution < -0.4 is 22.4 Å². The summed E-state index contributed by atoms with van der Waals surface area (Å²) in [5.41, 5.74) is 8.84. The first-order valence-electron chi connectivity index (χ1n) is 8.53. The Labute approximate surface area is 157 Å². The Morgan fingerprint density at radius 1 is 1.22 bits per heavy atom. The number of hydrogen-bond donors (Lipinski definition) is 5. The van der Waals surface area contributed by atoms with Gasteiger partial charge in [0.2, 0.25) is 11.8 Å². The molecule has 1 atom stereocenters. The Balaban J connectivity index is 2.17. The molecule has 0 heterocycles. The van der Waals surface area contributed by atoms with Crippen LogP contribution in [0.5, 0.6) is 0 Å². The van der Waals surface area contributed by atoms with Crippen molar-refractivity contribution in [2.75, 3.05) is 6.54 Å². The van der Waals surface area contributed by atoms with Gasteiger partial charge in [0.25, 0.3) is 0 Å². The van der Waals surface area contributed by atoms with Crippen molar-refractivity contribution in [1.82, 2.24) is 15.8 Å². The van der Waals surface area contributed by atoms with E-state index in [1.54, 1.807) is 5.48 Å². The average Bonchev–Trinajstić information content (AvgIpc) is 2.65. The summed E-state index contributed by atoms with van der Waals surface area (Å²) in [6, 6.07) is 13.6. The maximum absolute atomic E-state index is 11.7. The molecule has 8 nitrogen and oxygen atoms in total. The first-order chi connectivity index (χ1) is 12.9. The number of hydrogen-bond acceptors (Lipinski definition) is 6. The summed E-state index contributed by atoms with van der Waals surface area (Å²) in [7, 11) is 0. The molecule has 0 aliphatic heterocycles. The van der Waals surface area contributed by atoms with Crippen LogP contribution in [0.25, 0.3) is 10.8 Å². The molecular formula is C19H25N5O3. The zero-order valence-electron chi connectivity index (χ0n) is 15.2. The van der Waals surface area contributed by atoms with E-state index in [2.05, 4.69) is 5.32 Å². The van der Waals surface area contributed by atoms with E-state index >= 15 is 0 Å². The van der Waals surface area contributed by atoms with E-state index in [1.165, 1.54) is 18.1 Å². The Hall–Kier alpha value is -3.10. The van der Waals surface area contributed by atoms with E-state index < -0.39 is 11.9 Å². The summed E-state index contributed by atoms with van der Waals surface area (Å²) in [5, 5.41) is 15.0. The Morgan fingerprint density at radius 3 is 2.59 bits per heavy atom. The fourth-order valence-electron chi connectivity index (χ4n) is 2.75. The summed E-state index contributed by atoms with van der Waals surface area (Å²) < 4.78 is 0. The van der Waals surface area contributed by atoms with Crippen LogP contribution in [0.2, 0.25) is 0 Å². The number of hydrazine groups is 1. The van der Waals surface area contributed by atoms with Crippen LogP contribution in [-0.4, -0.2) is 34.6 Å². The van der Waals surface area contributed by atoms with Gasteiger partial charge in [-0.1, -0.05) is 42.5 Å². The standard InChI is InChI=1S/C19H25N5O3/c1-13(25)22-11-17(20)12-24(21)18(10-19(26)23-27)9-14-6-7-15-4-2-3-5-16(15)8-14/h2-8,12,18,27H,9-11,20-21H2,1H3,(H,22,25)(H,23,26)/b17-12-. The second-order valence-electron chi connectivity index (χ2n) is 6.34. The summed E-state index contributed by atoms with van der Waals surface area (Å²) in [5.74, 6) is 5.33. The van der Waals surface area contributed by atoms with Gasteiger partial charge in [-0.3, -0.25) is 14.8 Å². The number of carbonyl (C=O) groups is 2. The van der Waals surface area contributed by atoms with E-state index in [1.807, 2.05) is 42.5 Å². The molecule has 0 saturated carbocycles. The third kappa shape index (κ3) is 6.28. The molecule has 2 amide bonds. The third-order valence-electron chi connectivity index (χ3n) is 4.11. The lowest BCUT2D eigenvalue weighted by atomic mass is 9.99. The van der Waals surface area contributed by atoms with Gasteiger partial charge in [-0.05, 0) is 22.8 Å². The second kappa shape index (κ2) is 9.56.